The molecule has 0 aliphatic carbocycles. The van der Waals surface area contributed by atoms with Crippen LogP contribution in [0.25, 0.3) is 5.78 Å². The number of fused-ring (bicyclic) bond motifs is 1. The highest BCUT2D eigenvalue weighted by Gasteiger charge is 2.14. The number of rotatable bonds is 6. The fraction of sp³-hybridized carbons (Fsp3) is 0.150. The topological polar surface area (TPSA) is 105 Å². The Morgan fingerprint density at radius 1 is 1.10 bits per heavy atom. The van der Waals surface area contributed by atoms with Gasteiger partial charge in [-0.1, -0.05) is 59.8 Å². The zero-order valence-corrected chi connectivity index (χ0v) is 16.4. The molecule has 1 amide bonds. The summed E-state index contributed by atoms with van der Waals surface area (Å²) in [5, 5.41) is 15.6. The standard InChI is InChI=1S/C20H18N6O2S/c1-13-7-9-15(10-8-13)21-17(27)12-29-20-24-23-19-22-18(28)16(25-26(19)20)11-14-5-3-2-4-6-14/h2-10H,11-12H2,1H3,(H,21,27)(H,22,23,28). The summed E-state index contributed by atoms with van der Waals surface area (Å²) < 4.78 is 1.46. The molecule has 2 aromatic carbocycles. The first kappa shape index (κ1) is 18.9. The molecule has 8 nitrogen and oxygen atoms in total. The van der Waals surface area contributed by atoms with E-state index in [0.29, 0.717) is 17.3 Å². The largest absolute Gasteiger partial charge is 0.325 e. The normalized spacial score (nSPS) is 10.9. The van der Waals surface area contributed by atoms with Gasteiger partial charge in [0.25, 0.3) is 11.3 Å². The SMILES string of the molecule is Cc1ccc(NC(=O)CSc2nnc3[nH]c(=O)c(Cc4ccccc4)nn23)cc1. The summed E-state index contributed by atoms with van der Waals surface area (Å²) in [7, 11) is 0. The van der Waals surface area contributed by atoms with Crippen LogP contribution >= 0.6 is 11.8 Å². The zero-order valence-electron chi connectivity index (χ0n) is 15.6. The van der Waals surface area contributed by atoms with Gasteiger partial charge in [0.2, 0.25) is 11.1 Å². The minimum atomic E-state index is -0.303. The second-order valence-electron chi connectivity index (χ2n) is 6.48. The van der Waals surface area contributed by atoms with Gasteiger partial charge in [0.15, 0.2) is 0 Å². The molecule has 0 aliphatic heterocycles. The molecule has 29 heavy (non-hydrogen) atoms. The molecule has 2 N–H and O–H groups in total. The van der Waals surface area contributed by atoms with Gasteiger partial charge in [-0.2, -0.15) is 9.61 Å². The van der Waals surface area contributed by atoms with E-state index < -0.39 is 0 Å². The summed E-state index contributed by atoms with van der Waals surface area (Å²) in [4.78, 5) is 27.2. The number of aromatic nitrogens is 5. The van der Waals surface area contributed by atoms with Crippen molar-refractivity contribution < 1.29 is 4.79 Å². The Labute approximate surface area is 170 Å². The summed E-state index contributed by atoms with van der Waals surface area (Å²) in [6.07, 6.45) is 0.391. The molecule has 0 bridgehead atoms. The number of hydrogen-bond donors (Lipinski definition) is 2. The van der Waals surface area contributed by atoms with E-state index in [9.17, 15) is 9.59 Å². The monoisotopic (exact) mass is 406 g/mol. The van der Waals surface area contributed by atoms with Crippen LogP contribution in [-0.2, 0) is 11.2 Å². The Morgan fingerprint density at radius 3 is 2.62 bits per heavy atom. The van der Waals surface area contributed by atoms with Crippen molar-refractivity contribution in [3.8, 4) is 0 Å². The highest BCUT2D eigenvalue weighted by molar-refractivity contribution is 7.99. The second kappa shape index (κ2) is 8.27. The zero-order chi connectivity index (χ0) is 20.2. The molecule has 146 valence electrons. The molecule has 0 radical (unpaired) electrons. The Kier molecular flexibility index (Phi) is 5.39. The molecular formula is C20H18N6O2S. The van der Waals surface area contributed by atoms with Crippen molar-refractivity contribution >= 4 is 29.1 Å². The lowest BCUT2D eigenvalue weighted by Gasteiger charge is -2.05. The van der Waals surface area contributed by atoms with Crippen LogP contribution < -0.4 is 10.9 Å². The number of thioether (sulfide) groups is 1. The van der Waals surface area contributed by atoms with E-state index in [-0.39, 0.29) is 23.0 Å². The summed E-state index contributed by atoms with van der Waals surface area (Å²) in [5.74, 6) is 0.224. The first-order valence-electron chi connectivity index (χ1n) is 8.96. The molecule has 0 fully saturated rings. The van der Waals surface area contributed by atoms with Crippen LogP contribution in [-0.4, -0.2) is 36.5 Å². The van der Waals surface area contributed by atoms with Crippen molar-refractivity contribution in [2.75, 3.05) is 11.1 Å². The van der Waals surface area contributed by atoms with E-state index in [4.69, 9.17) is 0 Å². The first-order chi connectivity index (χ1) is 14.1. The summed E-state index contributed by atoms with van der Waals surface area (Å²) in [6, 6.07) is 17.2. The Bertz CT molecular complexity index is 1200. The summed E-state index contributed by atoms with van der Waals surface area (Å²) in [6.45, 7) is 1.99. The number of nitrogens with zero attached hydrogens (tertiary/aromatic N) is 4. The van der Waals surface area contributed by atoms with E-state index in [2.05, 4.69) is 25.6 Å². The van der Waals surface area contributed by atoms with Crippen molar-refractivity contribution in [2.45, 2.75) is 18.5 Å². The lowest BCUT2D eigenvalue weighted by Crippen LogP contribution is -2.19. The van der Waals surface area contributed by atoms with Crippen molar-refractivity contribution in [1.29, 1.82) is 0 Å². The molecule has 0 unspecified atom stereocenters. The molecule has 2 heterocycles. The Hall–Kier alpha value is -3.46. The number of anilines is 1. The Balaban J connectivity index is 1.48. The van der Waals surface area contributed by atoms with Gasteiger partial charge in [0, 0.05) is 12.1 Å². The first-order valence-corrected chi connectivity index (χ1v) is 9.95. The summed E-state index contributed by atoms with van der Waals surface area (Å²) in [5.41, 5.74) is 2.89. The second-order valence-corrected chi connectivity index (χ2v) is 7.43. The van der Waals surface area contributed by atoms with E-state index >= 15 is 0 Å². The minimum Gasteiger partial charge on any atom is -0.325 e. The Morgan fingerprint density at radius 2 is 1.86 bits per heavy atom. The third-order valence-electron chi connectivity index (χ3n) is 4.20. The number of hydrogen-bond acceptors (Lipinski definition) is 6. The number of aryl methyl sites for hydroxylation is 1. The fourth-order valence-corrected chi connectivity index (χ4v) is 3.41. The number of amides is 1. The van der Waals surface area contributed by atoms with Crippen LogP contribution in [0.5, 0.6) is 0 Å². The van der Waals surface area contributed by atoms with E-state index in [1.165, 1.54) is 16.3 Å². The number of H-pyrrole nitrogens is 1. The number of carbonyl (C=O) groups excluding carboxylic acids is 1. The van der Waals surface area contributed by atoms with Crippen LogP contribution in [0.15, 0.2) is 64.5 Å². The summed E-state index contributed by atoms with van der Waals surface area (Å²) >= 11 is 1.20. The maximum absolute atomic E-state index is 12.3. The predicted molar refractivity (Wildman–Crippen MR) is 111 cm³/mol. The van der Waals surface area contributed by atoms with Gasteiger partial charge in [0.05, 0.1) is 5.75 Å². The van der Waals surface area contributed by atoms with Gasteiger partial charge in [-0.05, 0) is 24.6 Å². The van der Waals surface area contributed by atoms with Gasteiger partial charge in [-0.15, -0.1) is 10.2 Å². The van der Waals surface area contributed by atoms with Crippen LogP contribution in [0.1, 0.15) is 16.8 Å². The van der Waals surface area contributed by atoms with Gasteiger partial charge in [-0.3, -0.25) is 14.6 Å². The number of benzene rings is 2. The van der Waals surface area contributed by atoms with Gasteiger partial charge in [0.1, 0.15) is 5.69 Å². The molecule has 0 saturated heterocycles. The fourth-order valence-electron chi connectivity index (χ4n) is 2.73. The lowest BCUT2D eigenvalue weighted by molar-refractivity contribution is -0.113. The van der Waals surface area contributed by atoms with Crippen LogP contribution in [0, 0.1) is 6.92 Å². The lowest BCUT2D eigenvalue weighted by atomic mass is 10.1. The van der Waals surface area contributed by atoms with Gasteiger partial charge >= 0.3 is 0 Å². The highest BCUT2D eigenvalue weighted by Crippen LogP contribution is 2.16. The minimum absolute atomic E-state index is 0.142. The quantitative estimate of drug-likeness (QED) is 0.477. The average molecular weight is 406 g/mol. The maximum Gasteiger partial charge on any atom is 0.274 e. The number of aromatic amines is 1. The molecular weight excluding hydrogens is 388 g/mol. The van der Waals surface area contributed by atoms with E-state index in [1.54, 1.807) is 0 Å². The molecule has 2 aromatic heterocycles. The molecule has 4 aromatic rings. The third kappa shape index (κ3) is 4.52. The highest BCUT2D eigenvalue weighted by atomic mass is 32.2. The smallest absolute Gasteiger partial charge is 0.274 e. The van der Waals surface area contributed by atoms with Gasteiger partial charge < -0.3 is 5.32 Å². The molecule has 0 atom stereocenters. The van der Waals surface area contributed by atoms with Crippen LogP contribution in [0.3, 0.4) is 0 Å². The van der Waals surface area contributed by atoms with Crippen molar-refractivity contribution in [3.05, 3.63) is 81.8 Å². The number of carbonyl (C=O) groups is 1. The average Bonchev–Trinajstić information content (AvgIpc) is 3.11. The number of nitrogens with one attached hydrogen (secondary N) is 2. The van der Waals surface area contributed by atoms with E-state index in [1.807, 2.05) is 61.5 Å². The molecule has 9 heteroatoms. The van der Waals surface area contributed by atoms with E-state index in [0.717, 1.165) is 16.8 Å². The molecule has 0 spiro atoms. The molecule has 0 saturated carbocycles. The van der Waals surface area contributed by atoms with Crippen LogP contribution in [0.2, 0.25) is 0 Å². The predicted octanol–water partition coefficient (Wildman–Crippen LogP) is 2.44. The van der Waals surface area contributed by atoms with Gasteiger partial charge in [-0.25, -0.2) is 0 Å². The van der Waals surface area contributed by atoms with Crippen molar-refractivity contribution in [2.24, 2.45) is 0 Å². The van der Waals surface area contributed by atoms with Crippen molar-refractivity contribution in [3.63, 3.8) is 0 Å². The van der Waals surface area contributed by atoms with Crippen LogP contribution in [0.4, 0.5) is 5.69 Å². The maximum atomic E-state index is 12.3. The third-order valence-corrected chi connectivity index (χ3v) is 5.12. The molecule has 0 aliphatic rings. The van der Waals surface area contributed by atoms with Crippen molar-refractivity contribution in [1.82, 2.24) is 24.8 Å². The molecule has 4 rings (SSSR count).